The Morgan fingerprint density at radius 2 is 2.23 bits per heavy atom. The molecule has 26 heavy (non-hydrogen) atoms. The van der Waals surface area contributed by atoms with E-state index in [1.165, 1.54) is 4.88 Å². The van der Waals surface area contributed by atoms with Gasteiger partial charge in [0, 0.05) is 43.3 Å². The Morgan fingerprint density at radius 1 is 1.35 bits per heavy atom. The summed E-state index contributed by atoms with van der Waals surface area (Å²) in [5.74, 6) is 2.21. The molecule has 0 bridgehead atoms. The first kappa shape index (κ1) is 17.0. The Kier molecular flexibility index (Phi) is 4.58. The van der Waals surface area contributed by atoms with Crippen LogP contribution in [-0.4, -0.2) is 48.2 Å². The van der Waals surface area contributed by atoms with Crippen LogP contribution in [0.5, 0.6) is 0 Å². The van der Waals surface area contributed by atoms with Crippen molar-refractivity contribution in [1.82, 2.24) is 29.2 Å². The summed E-state index contributed by atoms with van der Waals surface area (Å²) in [5, 5.41) is 8.79. The number of aromatic nitrogens is 5. The zero-order valence-corrected chi connectivity index (χ0v) is 15.8. The van der Waals surface area contributed by atoms with Crippen molar-refractivity contribution in [3.63, 3.8) is 0 Å². The number of carbonyl (C=O) groups excluding carboxylic acids is 1. The first-order chi connectivity index (χ1) is 12.6. The van der Waals surface area contributed by atoms with Gasteiger partial charge >= 0.3 is 0 Å². The molecule has 1 unspecified atom stereocenters. The van der Waals surface area contributed by atoms with Crippen LogP contribution in [0.4, 0.5) is 0 Å². The first-order valence-electron chi connectivity index (χ1n) is 8.81. The van der Waals surface area contributed by atoms with Crippen LogP contribution in [0.15, 0.2) is 30.9 Å². The van der Waals surface area contributed by atoms with Crippen LogP contribution in [0.3, 0.4) is 0 Å². The second kappa shape index (κ2) is 7.03. The molecule has 7 nitrogen and oxygen atoms in total. The average Bonchev–Trinajstić information content (AvgIpc) is 3.38. The van der Waals surface area contributed by atoms with E-state index in [1.807, 2.05) is 41.8 Å². The number of thiophene rings is 1. The molecule has 1 aliphatic heterocycles. The molecule has 1 amide bonds. The van der Waals surface area contributed by atoms with Crippen molar-refractivity contribution in [1.29, 1.82) is 0 Å². The lowest BCUT2D eigenvalue weighted by atomic mass is 9.97. The molecule has 4 rings (SSSR count). The maximum absolute atomic E-state index is 12.8. The summed E-state index contributed by atoms with van der Waals surface area (Å²) in [6.45, 7) is 4.19. The second-order valence-electron chi connectivity index (χ2n) is 6.77. The van der Waals surface area contributed by atoms with Gasteiger partial charge in [0.2, 0.25) is 0 Å². The molecule has 3 aromatic rings. The van der Waals surface area contributed by atoms with Crippen molar-refractivity contribution in [2.24, 2.45) is 7.05 Å². The van der Waals surface area contributed by atoms with Crippen LogP contribution >= 0.6 is 11.3 Å². The molecule has 8 heteroatoms. The Balaban J connectivity index is 1.49. The number of hydrogen-bond donors (Lipinski definition) is 0. The SMILES string of the molecule is Cc1ccc(C(=O)N2CCCC(c3nnc(Cn4ccnc4)n3C)C2)s1. The fourth-order valence-corrected chi connectivity index (χ4v) is 4.33. The number of carbonyl (C=O) groups is 1. The number of amides is 1. The molecule has 1 fully saturated rings. The van der Waals surface area contributed by atoms with Crippen molar-refractivity contribution in [2.75, 3.05) is 13.1 Å². The zero-order valence-electron chi connectivity index (χ0n) is 15.0. The van der Waals surface area contributed by atoms with Crippen LogP contribution in [0.1, 0.15) is 45.0 Å². The van der Waals surface area contributed by atoms with Crippen molar-refractivity contribution in [3.8, 4) is 0 Å². The topological polar surface area (TPSA) is 68.8 Å². The fraction of sp³-hybridized carbons (Fsp3) is 0.444. The Labute approximate surface area is 156 Å². The standard InChI is InChI=1S/C18H22N6OS/c1-13-5-6-15(26-13)18(25)24-8-3-4-14(10-24)17-21-20-16(22(17)2)11-23-9-7-19-12-23/h5-7,9,12,14H,3-4,8,10-11H2,1-2H3. The van der Waals surface area contributed by atoms with E-state index in [4.69, 9.17) is 0 Å². The van der Waals surface area contributed by atoms with E-state index in [1.54, 1.807) is 23.9 Å². The minimum atomic E-state index is 0.133. The second-order valence-corrected chi connectivity index (χ2v) is 8.06. The molecule has 4 heterocycles. The molecule has 1 atom stereocenters. The zero-order chi connectivity index (χ0) is 18.1. The quantitative estimate of drug-likeness (QED) is 0.707. The van der Waals surface area contributed by atoms with E-state index in [2.05, 4.69) is 19.7 Å². The Morgan fingerprint density at radius 3 is 2.96 bits per heavy atom. The first-order valence-corrected chi connectivity index (χ1v) is 9.63. The number of likely N-dealkylation sites (tertiary alicyclic amines) is 1. The van der Waals surface area contributed by atoms with Crippen molar-refractivity contribution < 1.29 is 4.79 Å². The van der Waals surface area contributed by atoms with Gasteiger partial charge in [-0.25, -0.2) is 4.98 Å². The number of rotatable bonds is 4. The van der Waals surface area contributed by atoms with Gasteiger partial charge in [0.15, 0.2) is 5.82 Å². The molecule has 1 aliphatic rings. The largest absolute Gasteiger partial charge is 0.337 e. The number of aryl methyl sites for hydroxylation is 1. The van der Waals surface area contributed by atoms with Gasteiger partial charge in [-0.2, -0.15) is 0 Å². The van der Waals surface area contributed by atoms with Crippen LogP contribution in [0.2, 0.25) is 0 Å². The highest BCUT2D eigenvalue weighted by Crippen LogP contribution is 2.28. The van der Waals surface area contributed by atoms with Crippen molar-refractivity contribution in [2.45, 2.75) is 32.2 Å². The van der Waals surface area contributed by atoms with Crippen molar-refractivity contribution >= 4 is 17.2 Å². The number of hydrogen-bond acceptors (Lipinski definition) is 5. The van der Waals surface area contributed by atoms with Crippen molar-refractivity contribution in [3.05, 3.63) is 52.3 Å². The van der Waals surface area contributed by atoms with Gasteiger partial charge in [0.05, 0.1) is 17.7 Å². The molecule has 0 aromatic carbocycles. The summed E-state index contributed by atoms with van der Waals surface area (Å²) >= 11 is 1.56. The summed E-state index contributed by atoms with van der Waals surface area (Å²) in [6, 6.07) is 3.93. The normalized spacial score (nSPS) is 17.6. The number of imidazole rings is 1. The summed E-state index contributed by atoms with van der Waals surface area (Å²) in [4.78, 5) is 20.8. The van der Waals surface area contributed by atoms with E-state index in [0.29, 0.717) is 13.1 Å². The summed E-state index contributed by atoms with van der Waals surface area (Å²) < 4.78 is 4.04. The van der Waals surface area contributed by atoms with Crippen LogP contribution in [-0.2, 0) is 13.6 Å². The van der Waals surface area contributed by atoms with Gasteiger partial charge in [-0.1, -0.05) is 0 Å². The monoisotopic (exact) mass is 370 g/mol. The highest BCUT2D eigenvalue weighted by Gasteiger charge is 2.29. The minimum absolute atomic E-state index is 0.133. The van der Waals surface area contributed by atoms with Gasteiger partial charge in [0.25, 0.3) is 5.91 Å². The van der Waals surface area contributed by atoms with E-state index < -0.39 is 0 Å². The molecule has 0 N–H and O–H groups in total. The predicted octanol–water partition coefficient (Wildman–Crippen LogP) is 2.45. The van der Waals surface area contributed by atoms with Crippen LogP contribution < -0.4 is 0 Å². The highest BCUT2D eigenvalue weighted by molar-refractivity contribution is 7.13. The van der Waals surface area contributed by atoms with E-state index in [9.17, 15) is 4.79 Å². The van der Waals surface area contributed by atoms with E-state index >= 15 is 0 Å². The van der Waals surface area contributed by atoms with Crippen LogP contribution in [0.25, 0.3) is 0 Å². The molecule has 136 valence electrons. The molecular weight excluding hydrogens is 348 g/mol. The Bertz CT molecular complexity index is 897. The third-order valence-corrected chi connectivity index (χ3v) is 5.90. The Hall–Kier alpha value is -2.48. The molecule has 0 radical (unpaired) electrons. The third kappa shape index (κ3) is 3.29. The van der Waals surface area contributed by atoms with Gasteiger partial charge in [-0.15, -0.1) is 21.5 Å². The van der Waals surface area contributed by atoms with Gasteiger partial charge < -0.3 is 14.0 Å². The van der Waals surface area contributed by atoms with Gasteiger partial charge in [0.1, 0.15) is 5.82 Å². The predicted molar refractivity (Wildman–Crippen MR) is 99.3 cm³/mol. The lowest BCUT2D eigenvalue weighted by Crippen LogP contribution is -2.39. The molecule has 1 saturated heterocycles. The van der Waals surface area contributed by atoms with Crippen LogP contribution in [0, 0.1) is 6.92 Å². The third-order valence-electron chi connectivity index (χ3n) is 4.91. The minimum Gasteiger partial charge on any atom is -0.337 e. The lowest BCUT2D eigenvalue weighted by Gasteiger charge is -2.32. The maximum atomic E-state index is 12.8. The summed E-state index contributed by atoms with van der Waals surface area (Å²) in [7, 11) is 2.00. The lowest BCUT2D eigenvalue weighted by molar-refractivity contribution is 0.0708. The molecule has 0 saturated carbocycles. The highest BCUT2D eigenvalue weighted by atomic mass is 32.1. The van der Waals surface area contributed by atoms with E-state index in [-0.39, 0.29) is 11.8 Å². The van der Waals surface area contributed by atoms with Gasteiger partial charge in [-0.3, -0.25) is 4.79 Å². The van der Waals surface area contributed by atoms with E-state index in [0.717, 1.165) is 35.9 Å². The maximum Gasteiger partial charge on any atom is 0.263 e. The average molecular weight is 370 g/mol. The molecule has 0 aliphatic carbocycles. The van der Waals surface area contributed by atoms with Gasteiger partial charge in [-0.05, 0) is 31.9 Å². The number of nitrogens with zero attached hydrogens (tertiary/aromatic N) is 6. The molecular formula is C18H22N6OS. The summed E-state index contributed by atoms with van der Waals surface area (Å²) in [5.41, 5.74) is 0. The fourth-order valence-electron chi connectivity index (χ4n) is 3.49. The molecule has 0 spiro atoms. The number of piperidine rings is 1. The molecule has 3 aromatic heterocycles. The smallest absolute Gasteiger partial charge is 0.263 e. The summed E-state index contributed by atoms with van der Waals surface area (Å²) in [6.07, 6.45) is 7.47.